The summed E-state index contributed by atoms with van der Waals surface area (Å²) in [6, 6.07) is 6.72. The second kappa shape index (κ2) is 4.98. The van der Waals surface area contributed by atoms with Gasteiger partial charge in [0, 0.05) is 10.9 Å². The lowest BCUT2D eigenvalue weighted by atomic mass is 10.1. The molecule has 1 heterocycles. The Morgan fingerprint density at radius 2 is 1.82 bits per heavy atom. The molecule has 17 heavy (non-hydrogen) atoms. The zero-order valence-corrected chi connectivity index (χ0v) is 9.66. The van der Waals surface area contributed by atoms with Crippen LogP contribution >= 0.6 is 12.4 Å². The van der Waals surface area contributed by atoms with Crippen LogP contribution in [0.2, 0.25) is 0 Å². The van der Waals surface area contributed by atoms with Gasteiger partial charge < -0.3 is 10.7 Å². The highest BCUT2D eigenvalue weighted by atomic mass is 35.5. The maximum Gasteiger partial charge on any atom is 0.431 e. The molecular weight excluding hydrogens is 253 g/mol. The van der Waals surface area contributed by atoms with Crippen LogP contribution in [0, 0.1) is 0 Å². The number of para-hydroxylation sites is 1. The van der Waals surface area contributed by atoms with Gasteiger partial charge in [0.25, 0.3) is 0 Å². The maximum absolute atomic E-state index is 12.7. The minimum absolute atomic E-state index is 0. The number of hydrogen-bond acceptors (Lipinski definition) is 1. The van der Waals surface area contributed by atoms with Crippen LogP contribution in [0.25, 0.3) is 10.9 Å². The third-order valence-electron chi connectivity index (χ3n) is 2.49. The average molecular weight is 265 g/mol. The Kier molecular flexibility index (Phi) is 4.06. The summed E-state index contributed by atoms with van der Waals surface area (Å²) in [5.41, 5.74) is 5.41. The zero-order chi connectivity index (χ0) is 11.8. The quantitative estimate of drug-likeness (QED) is 0.860. The lowest BCUT2D eigenvalue weighted by Crippen LogP contribution is -2.11. The first-order valence-electron chi connectivity index (χ1n) is 4.91. The fraction of sp³-hybridized carbons (Fsp3) is 0.273. The minimum Gasteiger partial charge on any atom is -0.351 e. The van der Waals surface area contributed by atoms with E-state index < -0.39 is 11.9 Å². The third-order valence-corrected chi connectivity index (χ3v) is 2.49. The molecule has 2 nitrogen and oxygen atoms in total. The van der Waals surface area contributed by atoms with Crippen LogP contribution in [0.15, 0.2) is 24.3 Å². The molecule has 2 aromatic rings. The van der Waals surface area contributed by atoms with Crippen molar-refractivity contribution >= 4 is 23.3 Å². The van der Waals surface area contributed by atoms with Crippen LogP contribution in [-0.4, -0.2) is 11.5 Å². The number of benzene rings is 1. The largest absolute Gasteiger partial charge is 0.431 e. The summed E-state index contributed by atoms with van der Waals surface area (Å²) in [4.78, 5) is 2.41. The molecule has 2 rings (SSSR count). The molecular formula is C11H12ClF3N2. The van der Waals surface area contributed by atoms with Crippen molar-refractivity contribution < 1.29 is 13.2 Å². The molecule has 0 fully saturated rings. The lowest BCUT2D eigenvalue weighted by molar-refractivity contribution is -0.141. The maximum atomic E-state index is 12.7. The molecule has 0 spiro atoms. The normalized spacial score (nSPS) is 11.5. The summed E-state index contributed by atoms with van der Waals surface area (Å²) in [5.74, 6) is 0. The van der Waals surface area contributed by atoms with Crippen molar-refractivity contribution in [3.8, 4) is 0 Å². The molecule has 0 radical (unpaired) electrons. The number of rotatable bonds is 2. The summed E-state index contributed by atoms with van der Waals surface area (Å²) < 4.78 is 38.2. The number of fused-ring (bicyclic) bond motifs is 1. The first-order valence-corrected chi connectivity index (χ1v) is 4.91. The molecule has 0 unspecified atom stereocenters. The van der Waals surface area contributed by atoms with E-state index >= 15 is 0 Å². The number of nitrogens with two attached hydrogens (primary N) is 1. The second-order valence-electron chi connectivity index (χ2n) is 3.56. The molecule has 0 aliphatic carbocycles. The van der Waals surface area contributed by atoms with Crippen LogP contribution in [-0.2, 0) is 12.6 Å². The standard InChI is InChI=1S/C11H11F3N2.ClH/c12-11(13,14)10-8(5-6-15)7-3-1-2-4-9(7)16-10;/h1-4,16H,5-6,15H2;1H. The number of aromatic amines is 1. The Labute approximate surface area is 102 Å². The number of H-pyrrole nitrogens is 1. The smallest absolute Gasteiger partial charge is 0.351 e. The first kappa shape index (κ1) is 13.9. The molecule has 0 aliphatic heterocycles. The zero-order valence-electron chi connectivity index (χ0n) is 8.84. The third kappa shape index (κ3) is 2.56. The molecule has 94 valence electrons. The van der Waals surface area contributed by atoms with Gasteiger partial charge in [0.1, 0.15) is 5.69 Å². The Morgan fingerprint density at radius 3 is 2.41 bits per heavy atom. The van der Waals surface area contributed by atoms with Gasteiger partial charge in [0.05, 0.1) is 0 Å². The summed E-state index contributed by atoms with van der Waals surface area (Å²) in [6.45, 7) is 0.199. The molecule has 3 N–H and O–H groups in total. The van der Waals surface area contributed by atoms with Crippen LogP contribution in [0.4, 0.5) is 13.2 Å². The number of halogens is 4. The van der Waals surface area contributed by atoms with E-state index in [4.69, 9.17) is 5.73 Å². The fourth-order valence-electron chi connectivity index (χ4n) is 1.85. The van der Waals surface area contributed by atoms with Gasteiger partial charge in [-0.05, 0) is 24.6 Å². The minimum atomic E-state index is -4.36. The van der Waals surface area contributed by atoms with E-state index in [-0.39, 0.29) is 30.9 Å². The first-order chi connectivity index (χ1) is 7.54. The number of nitrogens with one attached hydrogen (secondary N) is 1. The molecule has 0 atom stereocenters. The van der Waals surface area contributed by atoms with Crippen LogP contribution in [0.5, 0.6) is 0 Å². The van der Waals surface area contributed by atoms with Crippen LogP contribution < -0.4 is 5.73 Å². The molecule has 0 amide bonds. The van der Waals surface area contributed by atoms with Crippen molar-refractivity contribution in [2.24, 2.45) is 5.73 Å². The Bertz CT molecular complexity index is 505. The van der Waals surface area contributed by atoms with Gasteiger partial charge in [0.2, 0.25) is 0 Å². The second-order valence-corrected chi connectivity index (χ2v) is 3.56. The highest BCUT2D eigenvalue weighted by Crippen LogP contribution is 2.35. The summed E-state index contributed by atoms with van der Waals surface area (Å²) in [5, 5.41) is 0.597. The molecule has 0 saturated heterocycles. The monoisotopic (exact) mass is 264 g/mol. The predicted molar refractivity (Wildman–Crippen MR) is 63.3 cm³/mol. The predicted octanol–water partition coefficient (Wildman–Crippen LogP) is 3.11. The van der Waals surface area contributed by atoms with Gasteiger partial charge >= 0.3 is 6.18 Å². The van der Waals surface area contributed by atoms with E-state index in [1.54, 1.807) is 24.3 Å². The van der Waals surface area contributed by atoms with Crippen molar-refractivity contribution in [2.45, 2.75) is 12.6 Å². The molecule has 0 saturated carbocycles. The molecule has 0 aliphatic rings. The fourth-order valence-corrected chi connectivity index (χ4v) is 1.85. The van der Waals surface area contributed by atoms with Crippen LogP contribution in [0.1, 0.15) is 11.3 Å². The Hall–Kier alpha value is -1.20. The molecule has 1 aromatic heterocycles. The SMILES string of the molecule is Cl.NCCc1c(C(F)(F)F)[nH]c2ccccc12. The molecule has 6 heteroatoms. The highest BCUT2D eigenvalue weighted by Gasteiger charge is 2.35. The topological polar surface area (TPSA) is 41.8 Å². The molecule has 0 bridgehead atoms. The van der Waals surface area contributed by atoms with Gasteiger partial charge in [0.15, 0.2) is 0 Å². The van der Waals surface area contributed by atoms with E-state index in [1.807, 2.05) is 0 Å². The van der Waals surface area contributed by atoms with Crippen LogP contribution in [0.3, 0.4) is 0 Å². The van der Waals surface area contributed by atoms with E-state index in [0.29, 0.717) is 10.9 Å². The van der Waals surface area contributed by atoms with Crippen molar-refractivity contribution in [1.29, 1.82) is 0 Å². The van der Waals surface area contributed by atoms with Gasteiger partial charge in [-0.25, -0.2) is 0 Å². The summed E-state index contributed by atoms with van der Waals surface area (Å²) in [6.07, 6.45) is -4.14. The summed E-state index contributed by atoms with van der Waals surface area (Å²) >= 11 is 0. The molecule has 1 aromatic carbocycles. The number of hydrogen-bond donors (Lipinski definition) is 2. The number of alkyl halides is 3. The summed E-state index contributed by atoms with van der Waals surface area (Å²) in [7, 11) is 0. The van der Waals surface area contributed by atoms with Gasteiger partial charge in [-0.2, -0.15) is 13.2 Å². The van der Waals surface area contributed by atoms with E-state index in [9.17, 15) is 13.2 Å². The van der Waals surface area contributed by atoms with E-state index in [0.717, 1.165) is 0 Å². The average Bonchev–Trinajstić information content (AvgIpc) is 2.58. The van der Waals surface area contributed by atoms with Gasteiger partial charge in [-0.1, -0.05) is 18.2 Å². The van der Waals surface area contributed by atoms with Crippen molar-refractivity contribution in [1.82, 2.24) is 4.98 Å². The van der Waals surface area contributed by atoms with E-state index in [1.165, 1.54) is 0 Å². The van der Waals surface area contributed by atoms with Crippen molar-refractivity contribution in [3.63, 3.8) is 0 Å². The highest BCUT2D eigenvalue weighted by molar-refractivity contribution is 5.85. The van der Waals surface area contributed by atoms with Crippen molar-refractivity contribution in [2.75, 3.05) is 6.54 Å². The van der Waals surface area contributed by atoms with Crippen molar-refractivity contribution in [3.05, 3.63) is 35.5 Å². The van der Waals surface area contributed by atoms with E-state index in [2.05, 4.69) is 4.98 Å². The Morgan fingerprint density at radius 1 is 1.18 bits per heavy atom. The van der Waals surface area contributed by atoms with Gasteiger partial charge in [-0.3, -0.25) is 0 Å². The Balaban J connectivity index is 0.00000144. The number of aromatic nitrogens is 1. The van der Waals surface area contributed by atoms with Gasteiger partial charge in [-0.15, -0.1) is 12.4 Å². The lowest BCUT2D eigenvalue weighted by Gasteiger charge is -2.07.